The number of fused-ring (bicyclic) bond motifs is 3. The van der Waals surface area contributed by atoms with Crippen LogP contribution in [0.15, 0.2) is 53.5 Å². The number of nitrogens with two attached hydrogens (primary N) is 1. The molecule has 170 valence electrons. The van der Waals surface area contributed by atoms with E-state index >= 15 is 0 Å². The minimum atomic E-state index is -1.91. The molecule has 3 atom stereocenters. The highest BCUT2D eigenvalue weighted by Gasteiger charge is 2.55. The van der Waals surface area contributed by atoms with Crippen molar-refractivity contribution in [2.24, 2.45) is 10.7 Å². The summed E-state index contributed by atoms with van der Waals surface area (Å²) < 4.78 is 13.5. The number of ketones is 1. The van der Waals surface area contributed by atoms with Crippen LogP contribution in [0, 0.1) is 5.82 Å². The minimum absolute atomic E-state index is 0.0489. The zero-order valence-corrected chi connectivity index (χ0v) is 18.1. The second kappa shape index (κ2) is 8.25. The number of aliphatic carboxylic acids is 1. The number of carbonyl (C=O) groups excluding carboxylic acids is 2. The normalized spacial score (nSPS) is 19.6. The fourth-order valence-electron chi connectivity index (χ4n) is 4.77. The SMILES string of the molecule is CN(C)C(C(N)=O)(C(=O)c1ccc(F)cc1)C1CN=CC(C(=O)O)c2[nH]c3ccccc3c21. The number of amides is 1. The van der Waals surface area contributed by atoms with E-state index in [1.54, 1.807) is 38.4 Å². The number of para-hydroxylation sites is 1. The molecule has 33 heavy (non-hydrogen) atoms. The maximum absolute atomic E-state index is 13.9. The van der Waals surface area contributed by atoms with Gasteiger partial charge in [-0.25, -0.2) is 4.39 Å². The van der Waals surface area contributed by atoms with Crippen LogP contribution in [0.5, 0.6) is 0 Å². The Hall–Kier alpha value is -3.85. The average molecular weight is 450 g/mol. The van der Waals surface area contributed by atoms with Crippen molar-refractivity contribution in [2.75, 3.05) is 20.6 Å². The van der Waals surface area contributed by atoms with E-state index in [9.17, 15) is 23.9 Å². The summed E-state index contributed by atoms with van der Waals surface area (Å²) in [5.74, 6) is -5.17. The largest absolute Gasteiger partial charge is 0.480 e. The molecule has 0 radical (unpaired) electrons. The topological polar surface area (TPSA) is 129 Å². The summed E-state index contributed by atoms with van der Waals surface area (Å²) in [5, 5.41) is 10.5. The number of carboxylic acids is 1. The van der Waals surface area contributed by atoms with Crippen molar-refractivity contribution >= 4 is 34.8 Å². The summed E-state index contributed by atoms with van der Waals surface area (Å²) in [5.41, 5.74) is 5.63. The Labute approximate surface area is 188 Å². The van der Waals surface area contributed by atoms with Gasteiger partial charge >= 0.3 is 5.97 Å². The number of hydrogen-bond donors (Lipinski definition) is 3. The molecular formula is C24H23FN4O4. The van der Waals surface area contributed by atoms with Gasteiger partial charge in [0, 0.05) is 40.8 Å². The first-order chi connectivity index (χ1) is 15.7. The highest BCUT2D eigenvalue weighted by molar-refractivity contribution is 6.19. The summed E-state index contributed by atoms with van der Waals surface area (Å²) in [6.45, 7) is -0.0489. The molecule has 1 amide bonds. The zero-order valence-electron chi connectivity index (χ0n) is 18.1. The number of aromatic nitrogens is 1. The number of primary amides is 1. The Morgan fingerprint density at radius 1 is 1.15 bits per heavy atom. The van der Waals surface area contributed by atoms with E-state index < -0.39 is 40.9 Å². The molecule has 0 saturated carbocycles. The van der Waals surface area contributed by atoms with Crippen LogP contribution < -0.4 is 5.73 Å². The fraction of sp³-hybridized carbons (Fsp3) is 0.250. The predicted octanol–water partition coefficient (Wildman–Crippen LogP) is 2.31. The molecule has 1 aliphatic rings. The van der Waals surface area contributed by atoms with Gasteiger partial charge in [-0.15, -0.1) is 0 Å². The maximum atomic E-state index is 13.9. The standard InChI is InChI=1S/C24H23FN4O4/c1-29(2)24(23(26)33,21(30)13-7-9-14(25)10-8-13)17-12-27-11-16(22(31)32)20-19(17)15-5-3-4-6-18(15)28-20/h3-11,16-17,28H,12H2,1-2H3,(H2,26,33)(H,31,32). The third kappa shape index (κ3) is 3.41. The lowest BCUT2D eigenvalue weighted by Gasteiger charge is -2.41. The molecule has 8 nitrogen and oxygen atoms in total. The molecule has 2 aromatic carbocycles. The monoisotopic (exact) mass is 450 g/mol. The molecule has 3 aromatic rings. The lowest BCUT2D eigenvalue weighted by atomic mass is 9.71. The Morgan fingerprint density at radius 2 is 1.82 bits per heavy atom. The summed E-state index contributed by atoms with van der Waals surface area (Å²) >= 11 is 0. The molecule has 1 aromatic heterocycles. The quantitative estimate of drug-likeness (QED) is 0.392. The Balaban J connectivity index is 2.04. The van der Waals surface area contributed by atoms with Gasteiger partial charge in [-0.3, -0.25) is 24.3 Å². The number of rotatable bonds is 6. The number of nitrogens with one attached hydrogen (secondary N) is 1. The zero-order chi connectivity index (χ0) is 23.9. The van der Waals surface area contributed by atoms with Crippen molar-refractivity contribution in [3.63, 3.8) is 0 Å². The number of Topliss-reactive ketones (excluding diaryl/α,β-unsaturated/α-hetero) is 1. The summed E-state index contributed by atoms with van der Waals surface area (Å²) in [7, 11) is 3.12. The molecular weight excluding hydrogens is 427 g/mol. The number of nitrogens with zero attached hydrogens (tertiary/aromatic N) is 2. The Kier molecular flexibility index (Phi) is 5.59. The molecule has 4 rings (SSSR count). The number of hydrogen-bond acceptors (Lipinski definition) is 5. The van der Waals surface area contributed by atoms with Gasteiger partial charge < -0.3 is 15.8 Å². The summed E-state index contributed by atoms with van der Waals surface area (Å²) in [6, 6.07) is 12.1. The molecule has 0 bridgehead atoms. The van der Waals surface area contributed by atoms with Crippen LogP contribution >= 0.6 is 0 Å². The first-order valence-corrected chi connectivity index (χ1v) is 10.3. The summed E-state index contributed by atoms with van der Waals surface area (Å²) in [6.07, 6.45) is 1.31. The van der Waals surface area contributed by atoms with E-state index in [-0.39, 0.29) is 12.1 Å². The molecule has 9 heteroatoms. The smallest absolute Gasteiger partial charge is 0.318 e. The van der Waals surface area contributed by atoms with E-state index in [0.29, 0.717) is 22.2 Å². The van der Waals surface area contributed by atoms with Gasteiger partial charge in [-0.1, -0.05) is 18.2 Å². The predicted molar refractivity (Wildman–Crippen MR) is 121 cm³/mol. The lowest BCUT2D eigenvalue weighted by molar-refractivity contribution is -0.137. The highest BCUT2D eigenvalue weighted by Crippen LogP contribution is 2.43. The van der Waals surface area contributed by atoms with Gasteiger partial charge in [0.2, 0.25) is 5.91 Å². The fourth-order valence-corrected chi connectivity index (χ4v) is 4.77. The molecule has 0 aliphatic carbocycles. The first-order valence-electron chi connectivity index (χ1n) is 10.3. The van der Waals surface area contributed by atoms with E-state index in [1.807, 2.05) is 0 Å². The number of aromatic amines is 1. The van der Waals surface area contributed by atoms with Gasteiger partial charge in [0.25, 0.3) is 0 Å². The number of likely N-dealkylation sites (N-methyl/N-ethyl adjacent to an activating group) is 1. The van der Waals surface area contributed by atoms with Crippen molar-refractivity contribution in [1.29, 1.82) is 0 Å². The number of halogens is 1. The molecule has 0 spiro atoms. The first kappa shape index (κ1) is 22.3. The number of H-pyrrole nitrogens is 1. The van der Waals surface area contributed by atoms with Gasteiger partial charge in [-0.2, -0.15) is 0 Å². The van der Waals surface area contributed by atoms with Gasteiger partial charge in [-0.05, 0) is 50.0 Å². The molecule has 2 heterocycles. The molecule has 3 unspecified atom stereocenters. The van der Waals surface area contributed by atoms with E-state index in [2.05, 4.69) is 9.98 Å². The van der Waals surface area contributed by atoms with E-state index in [0.717, 1.165) is 12.1 Å². The van der Waals surface area contributed by atoms with Crippen LogP contribution in [0.3, 0.4) is 0 Å². The van der Waals surface area contributed by atoms with Crippen molar-refractivity contribution in [3.05, 3.63) is 71.2 Å². The van der Waals surface area contributed by atoms with Gasteiger partial charge in [0.05, 0.1) is 0 Å². The van der Waals surface area contributed by atoms with Crippen molar-refractivity contribution < 1.29 is 23.9 Å². The number of carbonyl (C=O) groups is 3. The van der Waals surface area contributed by atoms with Crippen LogP contribution in [0.4, 0.5) is 4.39 Å². The van der Waals surface area contributed by atoms with E-state index in [1.165, 1.54) is 23.2 Å². The number of benzene rings is 2. The van der Waals surface area contributed by atoms with Crippen LogP contribution in [-0.2, 0) is 9.59 Å². The van der Waals surface area contributed by atoms with Crippen molar-refractivity contribution in [2.45, 2.75) is 17.4 Å². The van der Waals surface area contributed by atoms with E-state index in [4.69, 9.17) is 5.73 Å². The third-order valence-electron chi connectivity index (χ3n) is 6.28. The Morgan fingerprint density at radius 3 is 2.42 bits per heavy atom. The Bertz CT molecular complexity index is 1280. The summed E-state index contributed by atoms with van der Waals surface area (Å²) in [4.78, 5) is 48.0. The van der Waals surface area contributed by atoms with Crippen molar-refractivity contribution in [3.8, 4) is 0 Å². The second-order valence-corrected chi connectivity index (χ2v) is 8.24. The number of aliphatic imine (C=N–C) groups is 1. The molecule has 1 aliphatic heterocycles. The maximum Gasteiger partial charge on any atom is 0.318 e. The van der Waals surface area contributed by atoms with Crippen LogP contribution in [0.25, 0.3) is 10.9 Å². The van der Waals surface area contributed by atoms with Gasteiger partial charge in [0.15, 0.2) is 11.3 Å². The van der Waals surface area contributed by atoms with Crippen LogP contribution in [-0.4, -0.2) is 65.0 Å². The van der Waals surface area contributed by atoms with Crippen LogP contribution in [0.1, 0.15) is 33.5 Å². The highest BCUT2D eigenvalue weighted by atomic mass is 19.1. The third-order valence-corrected chi connectivity index (χ3v) is 6.28. The second-order valence-electron chi connectivity index (χ2n) is 8.24. The molecule has 4 N–H and O–H groups in total. The van der Waals surface area contributed by atoms with Crippen molar-refractivity contribution in [1.82, 2.24) is 9.88 Å². The van der Waals surface area contributed by atoms with Gasteiger partial charge in [0.1, 0.15) is 11.7 Å². The average Bonchev–Trinajstić information content (AvgIpc) is 3.03. The molecule has 0 saturated heterocycles. The molecule has 0 fully saturated rings. The number of carboxylic acid groups (broad SMARTS) is 1. The lowest BCUT2D eigenvalue weighted by Crippen LogP contribution is -2.64. The minimum Gasteiger partial charge on any atom is -0.480 e. The van der Waals surface area contributed by atoms with Crippen LogP contribution in [0.2, 0.25) is 0 Å².